The van der Waals surface area contributed by atoms with Crippen LogP contribution in [0.4, 0.5) is 0 Å². The summed E-state index contributed by atoms with van der Waals surface area (Å²) in [6.45, 7) is 8.77. The second-order valence-electron chi connectivity index (χ2n) is 9.33. The molecule has 1 aliphatic heterocycles. The fourth-order valence-corrected chi connectivity index (χ4v) is 3.99. The molecule has 1 fully saturated rings. The van der Waals surface area contributed by atoms with Crippen molar-refractivity contribution in [1.29, 1.82) is 0 Å². The van der Waals surface area contributed by atoms with Crippen LogP contribution in [0, 0.1) is 5.41 Å². The quantitative estimate of drug-likeness (QED) is 0.428. The van der Waals surface area contributed by atoms with Crippen molar-refractivity contribution in [3.8, 4) is 0 Å². The van der Waals surface area contributed by atoms with Gasteiger partial charge in [0.05, 0.1) is 38.0 Å². The Labute approximate surface area is 207 Å². The molecule has 0 N–H and O–H groups in total. The van der Waals surface area contributed by atoms with Crippen LogP contribution in [0.1, 0.15) is 25.2 Å². The lowest BCUT2D eigenvalue weighted by Crippen LogP contribution is -2.51. The van der Waals surface area contributed by atoms with E-state index in [-0.39, 0.29) is 24.2 Å². The van der Waals surface area contributed by atoms with Gasteiger partial charge in [0.25, 0.3) is 0 Å². The number of halogens is 1. The molecular formula is C26H36ClN3O4. The molecule has 0 unspecified atom stereocenters. The van der Waals surface area contributed by atoms with Crippen molar-refractivity contribution >= 4 is 23.4 Å². The Kier molecular flexibility index (Phi) is 9.99. The van der Waals surface area contributed by atoms with Crippen LogP contribution in [0.25, 0.3) is 0 Å². The smallest absolute Gasteiger partial charge is 0.242 e. The van der Waals surface area contributed by atoms with Gasteiger partial charge in [0, 0.05) is 38.6 Å². The molecule has 7 nitrogen and oxygen atoms in total. The molecule has 0 bridgehead atoms. The number of benzene rings is 1. The number of rotatable bonds is 12. The zero-order chi connectivity index (χ0) is 24.4. The van der Waals surface area contributed by atoms with Crippen LogP contribution in [0.2, 0.25) is 0 Å². The standard InChI is InChI=1S/C26H36ClN3O4/c1-26(2,21-27)25(32)30(13-12-28-14-17-33-18-15-28)20-24(31)29(19-23-9-6-16-34-23)11-10-22-7-4-3-5-8-22/h3-9,16H,10-15,17-21H2,1-2H3. The topological polar surface area (TPSA) is 66.2 Å². The molecular weight excluding hydrogens is 454 g/mol. The molecule has 1 aromatic heterocycles. The lowest BCUT2D eigenvalue weighted by molar-refractivity contribution is -0.146. The summed E-state index contributed by atoms with van der Waals surface area (Å²) in [5.74, 6) is 0.699. The molecule has 2 heterocycles. The van der Waals surface area contributed by atoms with E-state index in [1.54, 1.807) is 16.1 Å². The summed E-state index contributed by atoms with van der Waals surface area (Å²) in [6.07, 6.45) is 2.33. The average molecular weight is 490 g/mol. The van der Waals surface area contributed by atoms with Crippen LogP contribution in [0.3, 0.4) is 0 Å². The summed E-state index contributed by atoms with van der Waals surface area (Å²) < 4.78 is 10.9. The number of ether oxygens (including phenoxy) is 1. The van der Waals surface area contributed by atoms with Crippen LogP contribution in [0.5, 0.6) is 0 Å². The van der Waals surface area contributed by atoms with Crippen LogP contribution in [-0.2, 0) is 27.3 Å². The maximum Gasteiger partial charge on any atom is 0.242 e. The number of alkyl halides is 1. The van der Waals surface area contributed by atoms with E-state index in [0.717, 1.165) is 25.1 Å². The number of furan rings is 1. The van der Waals surface area contributed by atoms with Crippen molar-refractivity contribution in [2.24, 2.45) is 5.41 Å². The van der Waals surface area contributed by atoms with E-state index in [1.807, 2.05) is 44.2 Å². The number of carbonyl (C=O) groups excluding carboxylic acids is 2. The van der Waals surface area contributed by atoms with Crippen molar-refractivity contribution in [3.63, 3.8) is 0 Å². The van der Waals surface area contributed by atoms with E-state index < -0.39 is 5.41 Å². The number of hydrogen-bond donors (Lipinski definition) is 0. The highest BCUT2D eigenvalue weighted by Gasteiger charge is 2.33. The Balaban J connectivity index is 1.70. The Morgan fingerprint density at radius 3 is 2.41 bits per heavy atom. The first kappa shape index (κ1) is 26.3. The molecule has 1 saturated heterocycles. The minimum Gasteiger partial charge on any atom is -0.467 e. The monoisotopic (exact) mass is 489 g/mol. The summed E-state index contributed by atoms with van der Waals surface area (Å²) >= 11 is 6.11. The van der Waals surface area contributed by atoms with Crippen molar-refractivity contribution in [2.45, 2.75) is 26.8 Å². The molecule has 186 valence electrons. The van der Waals surface area contributed by atoms with Gasteiger partial charge in [-0.05, 0) is 38.0 Å². The summed E-state index contributed by atoms with van der Waals surface area (Å²) in [7, 11) is 0. The minimum absolute atomic E-state index is 0.0129. The number of hydrogen-bond acceptors (Lipinski definition) is 5. The number of morpholine rings is 1. The molecule has 2 amide bonds. The fraction of sp³-hybridized carbons (Fsp3) is 0.538. The first-order valence-corrected chi connectivity index (χ1v) is 12.4. The van der Waals surface area contributed by atoms with E-state index in [9.17, 15) is 9.59 Å². The zero-order valence-electron chi connectivity index (χ0n) is 20.2. The Morgan fingerprint density at radius 1 is 1.03 bits per heavy atom. The second kappa shape index (κ2) is 12.9. The van der Waals surface area contributed by atoms with Crippen LogP contribution in [-0.4, -0.2) is 84.9 Å². The Bertz CT molecular complexity index is 883. The van der Waals surface area contributed by atoms with Crippen LogP contribution < -0.4 is 0 Å². The van der Waals surface area contributed by atoms with Gasteiger partial charge in [0.1, 0.15) is 5.76 Å². The van der Waals surface area contributed by atoms with Crippen molar-refractivity contribution in [2.75, 3.05) is 58.4 Å². The largest absolute Gasteiger partial charge is 0.467 e. The Hall–Kier alpha value is -2.35. The van der Waals surface area contributed by atoms with Gasteiger partial charge in [0.2, 0.25) is 11.8 Å². The minimum atomic E-state index is -0.747. The summed E-state index contributed by atoms with van der Waals surface area (Å²) in [4.78, 5) is 32.5. The first-order chi connectivity index (χ1) is 16.4. The van der Waals surface area contributed by atoms with Gasteiger partial charge < -0.3 is 19.0 Å². The van der Waals surface area contributed by atoms with Gasteiger partial charge >= 0.3 is 0 Å². The maximum absolute atomic E-state index is 13.5. The lowest BCUT2D eigenvalue weighted by Gasteiger charge is -2.34. The van der Waals surface area contributed by atoms with Crippen LogP contribution >= 0.6 is 11.6 Å². The summed E-state index contributed by atoms with van der Waals surface area (Å²) in [6, 6.07) is 13.7. The molecule has 1 aliphatic rings. The van der Waals surface area contributed by atoms with Gasteiger partial charge in [-0.15, -0.1) is 11.6 Å². The highest BCUT2D eigenvalue weighted by atomic mass is 35.5. The van der Waals surface area contributed by atoms with Crippen molar-refractivity contribution < 1.29 is 18.7 Å². The molecule has 0 saturated carbocycles. The molecule has 0 atom stereocenters. The lowest BCUT2D eigenvalue weighted by atomic mass is 9.94. The average Bonchev–Trinajstić information content (AvgIpc) is 3.38. The summed E-state index contributed by atoms with van der Waals surface area (Å²) in [5.41, 5.74) is 0.409. The second-order valence-corrected chi connectivity index (χ2v) is 9.60. The molecule has 0 spiro atoms. The van der Waals surface area contributed by atoms with Gasteiger partial charge in [0.15, 0.2) is 0 Å². The maximum atomic E-state index is 13.5. The molecule has 34 heavy (non-hydrogen) atoms. The predicted octanol–water partition coefficient (Wildman–Crippen LogP) is 3.28. The fourth-order valence-electron chi connectivity index (χ4n) is 3.88. The van der Waals surface area contributed by atoms with E-state index in [2.05, 4.69) is 17.0 Å². The zero-order valence-corrected chi connectivity index (χ0v) is 21.0. The molecule has 1 aromatic carbocycles. The molecule has 8 heteroatoms. The SMILES string of the molecule is CC(C)(CCl)C(=O)N(CCN1CCOCC1)CC(=O)N(CCc1ccccc1)Cc1ccco1. The van der Waals surface area contributed by atoms with Crippen molar-refractivity contribution in [1.82, 2.24) is 14.7 Å². The molecule has 0 aliphatic carbocycles. The number of nitrogens with zero attached hydrogens (tertiary/aromatic N) is 3. The predicted molar refractivity (Wildman–Crippen MR) is 133 cm³/mol. The molecule has 0 radical (unpaired) electrons. The van der Waals surface area contributed by atoms with E-state index in [4.69, 9.17) is 20.8 Å². The highest BCUT2D eigenvalue weighted by Crippen LogP contribution is 2.21. The highest BCUT2D eigenvalue weighted by molar-refractivity contribution is 6.19. The summed E-state index contributed by atoms with van der Waals surface area (Å²) in [5, 5.41) is 0. The van der Waals surface area contributed by atoms with Crippen molar-refractivity contribution in [3.05, 3.63) is 60.1 Å². The van der Waals surface area contributed by atoms with E-state index >= 15 is 0 Å². The normalized spacial score (nSPS) is 14.7. The first-order valence-electron chi connectivity index (χ1n) is 11.9. The third-order valence-electron chi connectivity index (χ3n) is 6.11. The van der Waals surface area contributed by atoms with Gasteiger partial charge in [-0.1, -0.05) is 30.3 Å². The van der Waals surface area contributed by atoms with Gasteiger partial charge in [-0.3, -0.25) is 14.5 Å². The Morgan fingerprint density at radius 2 is 1.76 bits per heavy atom. The van der Waals surface area contributed by atoms with Crippen LogP contribution in [0.15, 0.2) is 53.1 Å². The van der Waals surface area contributed by atoms with Gasteiger partial charge in [-0.2, -0.15) is 0 Å². The number of amides is 2. The number of carbonyl (C=O) groups is 2. The van der Waals surface area contributed by atoms with E-state index in [0.29, 0.717) is 45.2 Å². The van der Waals surface area contributed by atoms with E-state index in [1.165, 1.54) is 0 Å². The molecule has 2 aromatic rings. The third-order valence-corrected chi connectivity index (χ3v) is 6.78. The molecule has 3 rings (SSSR count). The third kappa shape index (κ3) is 7.86. The van der Waals surface area contributed by atoms with Gasteiger partial charge in [-0.25, -0.2) is 0 Å².